The van der Waals surface area contributed by atoms with Gasteiger partial charge in [0, 0.05) is 64.5 Å². The molecule has 0 fully saturated rings. The summed E-state index contributed by atoms with van der Waals surface area (Å²) >= 11 is 4.47. The zero-order chi connectivity index (χ0) is 102. The van der Waals surface area contributed by atoms with Crippen LogP contribution in [0.5, 0.6) is 0 Å². The van der Waals surface area contributed by atoms with Gasteiger partial charge in [-0.25, -0.2) is 0 Å². The van der Waals surface area contributed by atoms with Crippen molar-refractivity contribution in [2.45, 2.75) is 145 Å². The largest absolute Gasteiger partial charge is 0.252 e. The van der Waals surface area contributed by atoms with E-state index in [-0.39, 0.29) is 16.2 Å². The molecule has 12 heterocycles. The van der Waals surface area contributed by atoms with Crippen molar-refractivity contribution in [3.8, 4) is 67.5 Å². The first-order chi connectivity index (χ1) is 69.4. The molecular weight excluding hydrogens is 1980 g/mol. The van der Waals surface area contributed by atoms with Gasteiger partial charge in [-0.1, -0.05) is 162 Å². The van der Waals surface area contributed by atoms with Crippen LogP contribution in [0.2, 0.25) is 26.2 Å². The third-order valence-electron chi connectivity index (χ3n) is 30.5. The maximum absolute atomic E-state index is 4.37. The molecule has 0 atom stereocenters. The molecule has 0 aliphatic carbocycles. The molecule has 0 bridgehead atoms. The number of aromatic nitrogens is 12. The Hall–Kier alpha value is -13.3. The maximum Gasteiger partial charge on any atom is 0.231 e. The van der Waals surface area contributed by atoms with E-state index in [0.29, 0.717) is 29.9 Å². The Kier molecular flexibility index (Phi) is 27.9. The van der Waals surface area contributed by atoms with Gasteiger partial charge in [0.2, 0.25) is 22.8 Å². The fraction of sp³-hybridized carbons (Fsp3) is 0.226. The van der Waals surface area contributed by atoms with Crippen molar-refractivity contribution in [1.29, 1.82) is 0 Å². The smallest absolute Gasteiger partial charge is 0.231 e. The number of fused-ring (bicyclic) bond motifs is 12. The molecule has 0 spiro atoms. The maximum atomic E-state index is 4.37. The minimum Gasteiger partial charge on any atom is -0.252 e. The molecule has 15 nitrogen and oxygen atoms in total. The van der Waals surface area contributed by atoms with Gasteiger partial charge < -0.3 is 14.7 Å². The number of aryl methyl sites for hydroxylation is 12. The summed E-state index contributed by atoms with van der Waals surface area (Å²) < 4.78 is 18.8. The Morgan fingerprint density at radius 3 is 1.11 bits per heavy atom. The van der Waals surface area contributed by atoms with E-state index in [9.17, 15) is 0 Å². The summed E-state index contributed by atoms with van der Waals surface area (Å²) in [4.78, 5) is 38.3. The van der Waals surface area contributed by atoms with Crippen molar-refractivity contribution in [1.82, 2.24) is 29.9 Å². The molecule has 0 amide bonds. The SMILES string of the molecule is Cc1cc2c(cc1-c1cncc[n+]1C)N(C)c1ccccc1C2(C)C.Cc1cc2c(cc1-c1cncc[n+]1C)N(C)c1ccccc1S2.Cc1cc2c(cc1-c1cncc[n+]1C)N(C)c1ccccc1[Si]2(C)C.Cc1cc2c(cc1-c1cncc[n+]1C)[Se]c1ccccc1C2(C)C.Cc1cc2c(cc1-c1cncc[n+]1C)[Se]c1ccccc1S2.Cc1cc2c(cc1-c1cncc[n+]1C)[Si](C)(C)c1ccccc1C2(C)C. The van der Waals surface area contributed by atoms with Crippen molar-refractivity contribution in [3.63, 3.8) is 0 Å². The predicted molar refractivity (Wildman–Crippen MR) is 605 cm³/mol. The first-order valence-electron chi connectivity index (χ1n) is 49.6. The molecule has 6 aliphatic rings. The van der Waals surface area contributed by atoms with E-state index in [1.807, 2.05) is 135 Å². The molecule has 0 unspecified atom stereocenters. The van der Waals surface area contributed by atoms with E-state index in [0.717, 1.165) is 17.1 Å². The molecule has 0 saturated carbocycles. The average Bonchev–Trinajstić information content (AvgIpc) is 0.665. The topological polar surface area (TPSA) is 110 Å². The molecular formula is C124H129N15S2Se2Si2+6. The Bertz CT molecular complexity index is 7980. The summed E-state index contributed by atoms with van der Waals surface area (Å²) in [6.45, 7) is 37.2. The van der Waals surface area contributed by atoms with Gasteiger partial charge in [-0.05, 0) is 142 Å². The van der Waals surface area contributed by atoms with Crippen LogP contribution in [0.25, 0.3) is 67.5 Å². The molecule has 6 aliphatic heterocycles. The van der Waals surface area contributed by atoms with Gasteiger partial charge in [0.15, 0.2) is 24.8 Å². The second-order valence-corrected chi connectivity index (χ2v) is 57.0. The molecule has 21 heteroatoms. The summed E-state index contributed by atoms with van der Waals surface area (Å²) in [6.07, 6.45) is 34.7. The van der Waals surface area contributed by atoms with Crippen LogP contribution in [0, 0.1) is 41.5 Å². The Balaban J connectivity index is 0.000000110. The molecule has 24 rings (SSSR count). The van der Waals surface area contributed by atoms with Crippen LogP contribution >= 0.6 is 23.5 Å². The Morgan fingerprint density at radius 2 is 0.586 bits per heavy atom. The monoisotopic (exact) mass is 2110 g/mol. The van der Waals surface area contributed by atoms with Crippen molar-refractivity contribution >= 4 is 142 Å². The fourth-order valence-electron chi connectivity index (χ4n) is 21.8. The van der Waals surface area contributed by atoms with Crippen LogP contribution < -0.4 is 80.7 Å². The van der Waals surface area contributed by atoms with Gasteiger partial charge in [0.1, 0.15) is 44.3 Å². The molecule has 6 aromatic heterocycles. The number of hydrogen-bond acceptors (Lipinski definition) is 11. The second kappa shape index (κ2) is 40.3. The van der Waals surface area contributed by atoms with E-state index in [2.05, 4.69) is 463 Å². The first-order valence-corrected chi connectivity index (χ1v) is 60.7. The van der Waals surface area contributed by atoms with Gasteiger partial charge in [0.05, 0.1) is 83.2 Å². The molecule has 18 aromatic rings. The van der Waals surface area contributed by atoms with Gasteiger partial charge in [-0.2, -0.15) is 18.3 Å². The Labute approximate surface area is 879 Å². The van der Waals surface area contributed by atoms with Gasteiger partial charge in [-0.3, -0.25) is 19.9 Å². The number of anilines is 6. The number of nitrogens with zero attached hydrogens (tertiary/aromatic N) is 15. The fourth-order valence-corrected chi connectivity index (χ4v) is 36.4. The summed E-state index contributed by atoms with van der Waals surface area (Å²) in [5.41, 5.74) is 38.9. The molecule has 0 N–H and O–H groups in total. The molecule has 145 heavy (non-hydrogen) atoms. The number of benzene rings is 12. The number of hydrogen-bond donors (Lipinski definition) is 0. The zero-order valence-electron chi connectivity index (χ0n) is 88.0. The van der Waals surface area contributed by atoms with E-state index >= 15 is 0 Å². The van der Waals surface area contributed by atoms with E-state index in [4.69, 9.17) is 0 Å². The Morgan fingerprint density at radius 1 is 0.248 bits per heavy atom. The van der Waals surface area contributed by atoms with E-state index < -0.39 is 16.1 Å². The third-order valence-corrected chi connectivity index (χ3v) is 45.1. The van der Waals surface area contributed by atoms with Crippen molar-refractivity contribution in [2.75, 3.05) is 35.8 Å². The molecule has 12 aromatic carbocycles. The molecule has 0 saturated heterocycles. The normalized spacial score (nSPS) is 14.5. The van der Waals surface area contributed by atoms with E-state index in [1.54, 1.807) is 10.4 Å². The zero-order valence-corrected chi connectivity index (χ0v) is 95.1. The third kappa shape index (κ3) is 18.9. The summed E-state index contributed by atoms with van der Waals surface area (Å²) in [7, 11) is 15.5. The van der Waals surface area contributed by atoms with Crippen LogP contribution in [0.1, 0.15) is 108 Å². The van der Waals surface area contributed by atoms with Crippen LogP contribution in [0.15, 0.2) is 350 Å². The van der Waals surface area contributed by atoms with Gasteiger partial charge in [-0.15, -0.1) is 0 Å². The quantitative estimate of drug-likeness (QED) is 0.117. The first kappa shape index (κ1) is 100. The van der Waals surface area contributed by atoms with Crippen LogP contribution in [0.4, 0.5) is 34.1 Å². The molecule has 726 valence electrons. The van der Waals surface area contributed by atoms with Crippen molar-refractivity contribution in [3.05, 3.63) is 397 Å². The minimum atomic E-state index is -1.75. The van der Waals surface area contributed by atoms with Crippen molar-refractivity contribution < 1.29 is 27.4 Å². The number of para-hydroxylation sites is 3. The van der Waals surface area contributed by atoms with Crippen LogP contribution in [0.3, 0.4) is 0 Å². The van der Waals surface area contributed by atoms with Gasteiger partial charge >= 0.3 is 290 Å². The van der Waals surface area contributed by atoms with Crippen LogP contribution in [-0.2, 0) is 58.5 Å². The minimum absolute atomic E-state index is 0.0150. The summed E-state index contributed by atoms with van der Waals surface area (Å²) in [5, 5.41) is 6.17. The summed E-state index contributed by atoms with van der Waals surface area (Å²) in [6, 6.07) is 81.3. The predicted octanol–water partition coefficient (Wildman–Crippen LogP) is 18.7. The van der Waals surface area contributed by atoms with E-state index in [1.165, 1.54) is 199 Å². The summed E-state index contributed by atoms with van der Waals surface area (Å²) in [5.74, 6) is 0. The average molecular weight is 2110 g/mol. The number of rotatable bonds is 6. The van der Waals surface area contributed by atoms with Crippen molar-refractivity contribution in [2.24, 2.45) is 42.3 Å². The standard InChI is InChI=1S/C23H27N2Si.C22H24N3.C21H24N3Si.C21H21N2Se.C19H18N3S.C18H15N2SSe/c1-16-13-19-22(14-17(16)20-15-24-11-12-25(20)4)26(5,6)21-10-8-7-9-18(21)23(19,2)3;1-15-12-18-20(13-16(15)21-14-23-10-11-24(21)4)25(5)19-9-7-6-8-17(19)22(18,2)3;1-15-12-21-18(13-16(15)19-14-22-10-11-23(19)2)24(3)17-8-6-7-9-20(17)25(21,4)5;1-14-11-17-20(12-15(14)18-13-22-9-10-23(18)4)24-19-8-6-5-7-16(19)21(17,2)3;1-13-10-19-16(11-14(13)17-12-20-8-9-21(17)2)22(3)15-6-4-5-7-18(15)23-19;1-12-9-16-18(22-17-6-4-3-5-15(17)21-16)10-13(12)14-11-19-7-8-20(14)2/h7-15H,1-6H3;2*6-14H,1-5H3;5-13H,1-4H3;4-12H,1-3H3;3-11H,1-2H3/q6*+1. The second-order valence-electron chi connectivity index (χ2n) is 41.6. The van der Waals surface area contributed by atoms with Gasteiger partial charge in [0.25, 0.3) is 0 Å². The molecule has 0 radical (unpaired) electrons. The van der Waals surface area contributed by atoms with Crippen LogP contribution in [-0.4, -0.2) is 97.1 Å².